The first-order chi connectivity index (χ1) is 13.7. The zero-order valence-corrected chi connectivity index (χ0v) is 15.3. The number of amides is 3. The summed E-state index contributed by atoms with van der Waals surface area (Å²) < 4.78 is 45.5. The maximum absolute atomic E-state index is 13.5. The van der Waals surface area contributed by atoms with Gasteiger partial charge in [0.15, 0.2) is 0 Å². The molecule has 0 saturated carbocycles. The van der Waals surface area contributed by atoms with Crippen molar-refractivity contribution in [2.75, 3.05) is 12.4 Å². The summed E-state index contributed by atoms with van der Waals surface area (Å²) >= 11 is 0. The number of hydrogen-bond acceptors (Lipinski definition) is 3. The van der Waals surface area contributed by atoms with E-state index in [-0.39, 0.29) is 11.3 Å². The molecule has 3 N–H and O–H groups in total. The van der Waals surface area contributed by atoms with E-state index >= 15 is 0 Å². The van der Waals surface area contributed by atoms with Gasteiger partial charge in [-0.15, -0.1) is 0 Å². The number of methoxy groups -OCH3 is 1. The van der Waals surface area contributed by atoms with E-state index < -0.39 is 35.6 Å². The molecule has 3 amide bonds. The molecule has 0 unspecified atom stereocenters. The predicted octanol–water partition coefficient (Wildman–Crippen LogP) is 3.84. The highest BCUT2D eigenvalue weighted by Crippen LogP contribution is 2.39. The second kappa shape index (κ2) is 7.86. The van der Waals surface area contributed by atoms with Crippen LogP contribution in [0.5, 0.6) is 5.75 Å². The van der Waals surface area contributed by atoms with Crippen molar-refractivity contribution in [3.63, 3.8) is 0 Å². The van der Waals surface area contributed by atoms with Gasteiger partial charge in [0.25, 0.3) is 0 Å². The van der Waals surface area contributed by atoms with E-state index in [9.17, 15) is 22.8 Å². The zero-order valence-electron chi connectivity index (χ0n) is 15.3. The van der Waals surface area contributed by atoms with Crippen LogP contribution in [0.25, 0.3) is 0 Å². The molecule has 0 aliphatic carbocycles. The molecule has 0 bridgehead atoms. The number of urea groups is 1. The quantitative estimate of drug-likeness (QED) is 0.723. The molecule has 6 nitrogen and oxygen atoms in total. The summed E-state index contributed by atoms with van der Waals surface area (Å²) in [5, 5.41) is 7.42. The number of halogens is 3. The number of carbonyl (C=O) groups excluding carboxylic acids is 2. The Morgan fingerprint density at radius 2 is 1.79 bits per heavy atom. The fourth-order valence-electron chi connectivity index (χ4n) is 3.17. The van der Waals surface area contributed by atoms with Crippen molar-refractivity contribution >= 4 is 17.6 Å². The third-order valence-electron chi connectivity index (χ3n) is 4.51. The second-order valence-corrected chi connectivity index (χ2v) is 6.38. The molecule has 1 heterocycles. The molecule has 1 aliphatic rings. The summed E-state index contributed by atoms with van der Waals surface area (Å²) in [6.07, 6.45) is -4.65. The highest BCUT2D eigenvalue weighted by molar-refractivity contribution is 5.97. The zero-order chi connectivity index (χ0) is 21.2. The summed E-state index contributed by atoms with van der Waals surface area (Å²) in [5.74, 6) is -1.20. The van der Waals surface area contributed by atoms with Gasteiger partial charge in [-0.25, -0.2) is 4.79 Å². The topological polar surface area (TPSA) is 79.5 Å². The minimum absolute atomic E-state index is 0.00161. The van der Waals surface area contributed by atoms with Crippen LogP contribution in [0, 0.1) is 5.92 Å². The van der Waals surface area contributed by atoms with Crippen LogP contribution in [0.3, 0.4) is 0 Å². The predicted molar refractivity (Wildman–Crippen MR) is 100 cm³/mol. The number of rotatable bonds is 4. The van der Waals surface area contributed by atoms with Gasteiger partial charge in [-0.2, -0.15) is 13.2 Å². The van der Waals surface area contributed by atoms with Crippen LogP contribution >= 0.6 is 0 Å². The number of hydrogen-bond donors (Lipinski definition) is 3. The SMILES string of the molecule is C=C1NC(=O)N[C@H](c2ccccc2C(F)(F)F)[C@H]1C(=O)Nc1ccc(OC)cc1. The first-order valence-electron chi connectivity index (χ1n) is 8.58. The summed E-state index contributed by atoms with van der Waals surface area (Å²) in [6.45, 7) is 3.67. The van der Waals surface area contributed by atoms with Crippen molar-refractivity contribution in [1.29, 1.82) is 0 Å². The Kier molecular flexibility index (Phi) is 5.49. The van der Waals surface area contributed by atoms with Gasteiger partial charge in [0, 0.05) is 11.4 Å². The Morgan fingerprint density at radius 3 is 2.41 bits per heavy atom. The number of nitrogens with one attached hydrogen (secondary N) is 3. The smallest absolute Gasteiger partial charge is 0.416 e. The lowest BCUT2D eigenvalue weighted by atomic mass is 9.85. The van der Waals surface area contributed by atoms with E-state index in [0.29, 0.717) is 11.4 Å². The number of benzene rings is 2. The van der Waals surface area contributed by atoms with Crippen LogP contribution < -0.4 is 20.7 Å². The molecule has 2 aromatic carbocycles. The first kappa shape index (κ1) is 20.2. The van der Waals surface area contributed by atoms with Crippen LogP contribution in [0.2, 0.25) is 0 Å². The molecular weight excluding hydrogens is 387 g/mol. The fourth-order valence-corrected chi connectivity index (χ4v) is 3.17. The van der Waals surface area contributed by atoms with Gasteiger partial charge >= 0.3 is 12.2 Å². The monoisotopic (exact) mass is 405 g/mol. The Balaban J connectivity index is 1.95. The summed E-state index contributed by atoms with van der Waals surface area (Å²) in [7, 11) is 1.50. The molecule has 9 heteroatoms. The number of anilines is 1. The van der Waals surface area contributed by atoms with E-state index in [2.05, 4.69) is 22.5 Å². The van der Waals surface area contributed by atoms with Crippen molar-refractivity contribution in [3.05, 3.63) is 71.9 Å². The number of ether oxygens (including phenoxy) is 1. The maximum Gasteiger partial charge on any atom is 0.416 e. The number of carbonyl (C=O) groups is 2. The summed E-state index contributed by atoms with van der Waals surface area (Å²) in [6, 6.07) is 9.27. The highest BCUT2D eigenvalue weighted by Gasteiger charge is 2.42. The minimum Gasteiger partial charge on any atom is -0.497 e. The largest absolute Gasteiger partial charge is 0.497 e. The summed E-state index contributed by atoms with van der Waals surface area (Å²) in [5.41, 5.74) is -0.724. The van der Waals surface area contributed by atoms with Crippen LogP contribution in [0.15, 0.2) is 60.8 Å². The van der Waals surface area contributed by atoms with Gasteiger partial charge in [-0.05, 0) is 35.9 Å². The molecule has 1 saturated heterocycles. The average molecular weight is 405 g/mol. The van der Waals surface area contributed by atoms with Gasteiger partial charge in [0.05, 0.1) is 18.7 Å². The highest BCUT2D eigenvalue weighted by atomic mass is 19.4. The molecule has 2 atom stereocenters. The van der Waals surface area contributed by atoms with Gasteiger partial charge in [0.2, 0.25) is 5.91 Å². The van der Waals surface area contributed by atoms with Crippen molar-refractivity contribution in [2.45, 2.75) is 12.2 Å². The lowest BCUT2D eigenvalue weighted by Crippen LogP contribution is -2.52. The molecule has 29 heavy (non-hydrogen) atoms. The maximum atomic E-state index is 13.5. The fraction of sp³-hybridized carbons (Fsp3) is 0.200. The molecule has 3 rings (SSSR count). The van der Waals surface area contributed by atoms with Gasteiger partial charge in [-0.3, -0.25) is 4.79 Å². The van der Waals surface area contributed by atoms with Crippen molar-refractivity contribution in [2.24, 2.45) is 5.92 Å². The van der Waals surface area contributed by atoms with Gasteiger partial charge < -0.3 is 20.7 Å². The van der Waals surface area contributed by atoms with Crippen LogP contribution in [-0.2, 0) is 11.0 Å². The summed E-state index contributed by atoms with van der Waals surface area (Å²) in [4.78, 5) is 24.8. The third kappa shape index (κ3) is 4.34. The van der Waals surface area contributed by atoms with Crippen LogP contribution in [-0.4, -0.2) is 19.0 Å². The van der Waals surface area contributed by atoms with Crippen LogP contribution in [0.4, 0.5) is 23.7 Å². The molecule has 2 aromatic rings. The molecule has 0 spiro atoms. The van der Waals surface area contributed by atoms with Crippen molar-refractivity contribution in [3.8, 4) is 5.75 Å². The van der Waals surface area contributed by atoms with E-state index in [1.165, 1.54) is 25.3 Å². The van der Waals surface area contributed by atoms with Crippen molar-refractivity contribution < 1.29 is 27.5 Å². The van der Waals surface area contributed by atoms with E-state index in [1.54, 1.807) is 24.3 Å². The van der Waals surface area contributed by atoms with Gasteiger partial charge in [-0.1, -0.05) is 24.8 Å². The normalized spacial score (nSPS) is 19.2. The molecule has 0 aromatic heterocycles. The lowest BCUT2D eigenvalue weighted by molar-refractivity contribution is -0.139. The Bertz CT molecular complexity index is 942. The Hall–Kier alpha value is -3.49. The number of alkyl halides is 3. The van der Waals surface area contributed by atoms with E-state index in [0.717, 1.165) is 6.07 Å². The molecule has 0 radical (unpaired) electrons. The first-order valence-corrected chi connectivity index (χ1v) is 8.58. The Morgan fingerprint density at radius 1 is 1.14 bits per heavy atom. The standard InChI is InChI=1S/C20H18F3N3O3/c1-11-16(18(27)25-12-7-9-13(29-2)10-8-12)17(26-19(28)24-11)14-5-3-4-6-15(14)20(21,22)23/h3-10,16-17H,1H2,2H3,(H,25,27)(H2,24,26,28)/t16-,17+/m0/s1. The van der Waals surface area contributed by atoms with Gasteiger partial charge in [0.1, 0.15) is 11.7 Å². The molecule has 1 fully saturated rings. The second-order valence-electron chi connectivity index (χ2n) is 6.38. The molecular formula is C20H18F3N3O3. The third-order valence-corrected chi connectivity index (χ3v) is 4.51. The molecule has 152 valence electrons. The lowest BCUT2D eigenvalue weighted by Gasteiger charge is -2.35. The average Bonchev–Trinajstić information content (AvgIpc) is 2.67. The van der Waals surface area contributed by atoms with Crippen molar-refractivity contribution in [1.82, 2.24) is 10.6 Å². The van der Waals surface area contributed by atoms with E-state index in [1.807, 2.05) is 0 Å². The van der Waals surface area contributed by atoms with E-state index in [4.69, 9.17) is 4.74 Å². The Labute approximate surface area is 164 Å². The molecule has 1 aliphatic heterocycles. The minimum atomic E-state index is -4.65. The van der Waals surface area contributed by atoms with Crippen LogP contribution in [0.1, 0.15) is 17.2 Å².